The van der Waals surface area contributed by atoms with Crippen LogP contribution in [0.5, 0.6) is 0 Å². The molecule has 0 radical (unpaired) electrons. The van der Waals surface area contributed by atoms with Crippen molar-refractivity contribution in [3.8, 4) is 0 Å². The first-order valence-electron chi connectivity index (χ1n) is 2.95. The van der Waals surface area contributed by atoms with Crippen LogP contribution in [-0.2, 0) is 6.42 Å². The van der Waals surface area contributed by atoms with Crippen molar-refractivity contribution in [1.29, 1.82) is 0 Å². The first kappa shape index (κ1) is 6.33. The Balaban J connectivity index is 2.48. The topological polar surface area (TPSA) is 13.1 Å². The molecule has 1 aromatic rings. The third-order valence-electron chi connectivity index (χ3n) is 1.06. The Morgan fingerprint density at radius 2 is 2.56 bits per heavy atom. The van der Waals surface area contributed by atoms with Crippen LogP contribution < -0.4 is 0 Å². The molecule has 50 valence electrons. The fourth-order valence-corrected chi connectivity index (χ4v) is 0.706. The third-order valence-corrected chi connectivity index (χ3v) is 1.06. The van der Waals surface area contributed by atoms with Gasteiger partial charge in [-0.25, -0.2) is 4.39 Å². The van der Waals surface area contributed by atoms with Crippen molar-refractivity contribution >= 4 is 0 Å². The molecule has 1 aromatic heterocycles. The molecule has 0 aliphatic heterocycles. The largest absolute Gasteiger partial charge is 0.469 e. The summed E-state index contributed by atoms with van der Waals surface area (Å²) in [5, 5.41) is 0. The van der Waals surface area contributed by atoms with E-state index in [4.69, 9.17) is 4.42 Å². The number of hydrogen-bond donors (Lipinski definition) is 0. The van der Waals surface area contributed by atoms with E-state index in [9.17, 15) is 4.39 Å². The Kier molecular flexibility index (Phi) is 1.88. The minimum Gasteiger partial charge on any atom is -0.469 e. The number of halogens is 1. The molecule has 1 unspecified atom stereocenters. The van der Waals surface area contributed by atoms with Gasteiger partial charge in [-0.15, -0.1) is 0 Å². The van der Waals surface area contributed by atoms with Crippen LogP contribution in [0.3, 0.4) is 0 Å². The predicted molar refractivity (Wildman–Crippen MR) is 33.0 cm³/mol. The zero-order valence-corrected chi connectivity index (χ0v) is 5.30. The SMILES string of the molecule is CC(F)Cc1ccco1. The fourth-order valence-electron chi connectivity index (χ4n) is 0.706. The highest BCUT2D eigenvalue weighted by atomic mass is 19.1. The maximum Gasteiger partial charge on any atom is 0.106 e. The van der Waals surface area contributed by atoms with Gasteiger partial charge < -0.3 is 4.42 Å². The van der Waals surface area contributed by atoms with E-state index in [2.05, 4.69) is 0 Å². The van der Waals surface area contributed by atoms with Gasteiger partial charge in [0.25, 0.3) is 0 Å². The molecule has 0 aromatic carbocycles. The van der Waals surface area contributed by atoms with Gasteiger partial charge in [0, 0.05) is 6.42 Å². The summed E-state index contributed by atoms with van der Waals surface area (Å²) in [7, 11) is 0. The van der Waals surface area contributed by atoms with Gasteiger partial charge in [-0.3, -0.25) is 0 Å². The molecular weight excluding hydrogens is 119 g/mol. The predicted octanol–water partition coefficient (Wildman–Crippen LogP) is 2.18. The Bertz CT molecular complexity index is 155. The maximum atomic E-state index is 12.2. The quantitative estimate of drug-likeness (QED) is 0.595. The monoisotopic (exact) mass is 128 g/mol. The van der Waals surface area contributed by atoms with E-state index in [1.54, 1.807) is 18.4 Å². The van der Waals surface area contributed by atoms with E-state index in [0.29, 0.717) is 12.2 Å². The Morgan fingerprint density at radius 1 is 1.78 bits per heavy atom. The summed E-state index contributed by atoms with van der Waals surface area (Å²) < 4.78 is 17.1. The van der Waals surface area contributed by atoms with Gasteiger partial charge in [-0.05, 0) is 19.1 Å². The minimum atomic E-state index is -0.809. The van der Waals surface area contributed by atoms with Gasteiger partial charge in [-0.2, -0.15) is 0 Å². The van der Waals surface area contributed by atoms with Crippen LogP contribution in [0, 0.1) is 0 Å². The summed E-state index contributed by atoms with van der Waals surface area (Å²) in [5.41, 5.74) is 0. The van der Waals surface area contributed by atoms with Crippen LogP contribution in [0.1, 0.15) is 12.7 Å². The molecule has 0 N–H and O–H groups in total. The molecule has 0 bridgehead atoms. The zero-order chi connectivity index (χ0) is 6.69. The van der Waals surface area contributed by atoms with Crippen LogP contribution in [0.4, 0.5) is 4.39 Å². The number of furan rings is 1. The summed E-state index contributed by atoms with van der Waals surface area (Å²) in [6, 6.07) is 3.54. The van der Waals surface area contributed by atoms with Crippen molar-refractivity contribution in [2.24, 2.45) is 0 Å². The van der Waals surface area contributed by atoms with Gasteiger partial charge in [0.2, 0.25) is 0 Å². The van der Waals surface area contributed by atoms with Crippen molar-refractivity contribution in [3.05, 3.63) is 24.2 Å². The second-order valence-corrected chi connectivity index (χ2v) is 2.06. The van der Waals surface area contributed by atoms with E-state index in [0.717, 1.165) is 0 Å². The van der Waals surface area contributed by atoms with Crippen LogP contribution >= 0.6 is 0 Å². The molecule has 0 aliphatic rings. The number of alkyl halides is 1. The van der Waals surface area contributed by atoms with Crippen molar-refractivity contribution in [1.82, 2.24) is 0 Å². The van der Waals surface area contributed by atoms with Gasteiger partial charge in [0.05, 0.1) is 6.26 Å². The van der Waals surface area contributed by atoms with E-state index in [-0.39, 0.29) is 0 Å². The zero-order valence-electron chi connectivity index (χ0n) is 5.30. The lowest BCUT2D eigenvalue weighted by molar-refractivity contribution is 0.336. The number of hydrogen-bond acceptors (Lipinski definition) is 1. The van der Waals surface area contributed by atoms with Crippen molar-refractivity contribution in [2.75, 3.05) is 0 Å². The molecule has 0 amide bonds. The highest BCUT2D eigenvalue weighted by Gasteiger charge is 2.01. The van der Waals surface area contributed by atoms with Crippen LogP contribution in [0.15, 0.2) is 22.8 Å². The second kappa shape index (κ2) is 2.67. The van der Waals surface area contributed by atoms with Gasteiger partial charge in [0.15, 0.2) is 0 Å². The van der Waals surface area contributed by atoms with Gasteiger partial charge in [-0.1, -0.05) is 0 Å². The summed E-state index contributed by atoms with van der Waals surface area (Å²) in [4.78, 5) is 0. The van der Waals surface area contributed by atoms with E-state index < -0.39 is 6.17 Å². The summed E-state index contributed by atoms with van der Waals surface area (Å²) in [5.74, 6) is 0.713. The molecule has 0 spiro atoms. The summed E-state index contributed by atoms with van der Waals surface area (Å²) >= 11 is 0. The third kappa shape index (κ3) is 1.88. The number of rotatable bonds is 2. The molecule has 1 heterocycles. The standard InChI is InChI=1S/C7H9FO/c1-6(8)5-7-3-2-4-9-7/h2-4,6H,5H2,1H3. The Labute approximate surface area is 53.5 Å². The van der Waals surface area contributed by atoms with Crippen LogP contribution in [0.2, 0.25) is 0 Å². The second-order valence-electron chi connectivity index (χ2n) is 2.06. The van der Waals surface area contributed by atoms with E-state index in [1.807, 2.05) is 0 Å². The molecule has 2 heteroatoms. The van der Waals surface area contributed by atoms with Crippen molar-refractivity contribution in [3.63, 3.8) is 0 Å². The molecule has 1 rings (SSSR count). The van der Waals surface area contributed by atoms with E-state index >= 15 is 0 Å². The molecule has 0 saturated carbocycles. The lowest BCUT2D eigenvalue weighted by atomic mass is 10.2. The van der Waals surface area contributed by atoms with Crippen LogP contribution in [-0.4, -0.2) is 6.17 Å². The van der Waals surface area contributed by atoms with Crippen molar-refractivity contribution < 1.29 is 8.81 Å². The maximum absolute atomic E-state index is 12.2. The van der Waals surface area contributed by atoms with E-state index in [1.165, 1.54) is 6.92 Å². The minimum absolute atomic E-state index is 0.382. The smallest absolute Gasteiger partial charge is 0.106 e. The van der Waals surface area contributed by atoms with Crippen molar-refractivity contribution in [2.45, 2.75) is 19.5 Å². The molecule has 0 aliphatic carbocycles. The molecule has 0 fully saturated rings. The Morgan fingerprint density at radius 3 is 3.00 bits per heavy atom. The molecule has 0 saturated heterocycles. The highest BCUT2D eigenvalue weighted by molar-refractivity contribution is 4.98. The molecule has 1 nitrogen and oxygen atoms in total. The van der Waals surface area contributed by atoms with Gasteiger partial charge >= 0.3 is 0 Å². The summed E-state index contributed by atoms with van der Waals surface area (Å²) in [6.45, 7) is 1.52. The lowest BCUT2D eigenvalue weighted by Gasteiger charge is -1.94. The first-order valence-corrected chi connectivity index (χ1v) is 2.95. The fraction of sp³-hybridized carbons (Fsp3) is 0.429. The highest BCUT2D eigenvalue weighted by Crippen LogP contribution is 2.05. The molecule has 9 heavy (non-hydrogen) atoms. The average molecular weight is 128 g/mol. The molecule has 1 atom stereocenters. The molecular formula is C7H9FO. The lowest BCUT2D eigenvalue weighted by Crippen LogP contribution is -1.95. The normalized spacial score (nSPS) is 13.6. The van der Waals surface area contributed by atoms with Crippen LogP contribution in [0.25, 0.3) is 0 Å². The summed E-state index contributed by atoms with van der Waals surface area (Å²) in [6.07, 6.45) is 1.13. The average Bonchev–Trinajstić information content (AvgIpc) is 2.15. The Hall–Kier alpha value is -0.790. The first-order chi connectivity index (χ1) is 4.29. The van der Waals surface area contributed by atoms with Gasteiger partial charge in [0.1, 0.15) is 11.9 Å².